The van der Waals surface area contributed by atoms with Crippen LogP contribution < -0.4 is 10.6 Å². The van der Waals surface area contributed by atoms with Gasteiger partial charge >= 0.3 is 29.7 Å². The lowest BCUT2D eigenvalue weighted by Gasteiger charge is -2.09. The van der Waals surface area contributed by atoms with Crippen LogP contribution in [-0.4, -0.2) is 45.0 Å². The lowest BCUT2D eigenvalue weighted by molar-refractivity contribution is -0.147. The van der Waals surface area contributed by atoms with Gasteiger partial charge in [0.1, 0.15) is 0 Å². The summed E-state index contributed by atoms with van der Waals surface area (Å²) in [6.07, 6.45) is 0. The molecule has 1 rings (SSSR count). The Kier molecular flexibility index (Phi) is 4.57. The quantitative estimate of drug-likeness (QED) is 0.461. The molecule has 0 aliphatic heterocycles. The van der Waals surface area contributed by atoms with Crippen molar-refractivity contribution in [2.75, 3.05) is 10.6 Å². The average molecular weight is 296 g/mol. The van der Waals surface area contributed by atoms with Crippen molar-refractivity contribution in [2.45, 2.75) is 0 Å². The van der Waals surface area contributed by atoms with Gasteiger partial charge in [-0.1, -0.05) is 0 Å². The van der Waals surface area contributed by atoms with Crippen LogP contribution >= 0.6 is 0 Å². The van der Waals surface area contributed by atoms with E-state index in [0.29, 0.717) is 0 Å². The number of amides is 2. The third-order valence-corrected chi connectivity index (χ3v) is 2.14. The zero-order valence-corrected chi connectivity index (χ0v) is 10.1. The molecular formula is C11H8N2O8. The first-order chi connectivity index (χ1) is 9.72. The summed E-state index contributed by atoms with van der Waals surface area (Å²) in [5.74, 6) is -7.92. The van der Waals surface area contributed by atoms with Gasteiger partial charge in [-0.15, -0.1) is 0 Å². The maximum Gasteiger partial charge on any atom is 0.394 e. The minimum Gasteiger partial charge on any atom is -0.478 e. The Morgan fingerprint density at radius 3 is 1.81 bits per heavy atom. The van der Waals surface area contributed by atoms with E-state index in [2.05, 4.69) is 0 Å². The van der Waals surface area contributed by atoms with Crippen molar-refractivity contribution >= 4 is 41.1 Å². The van der Waals surface area contributed by atoms with Crippen LogP contribution in [0.3, 0.4) is 0 Å². The normalized spacial score (nSPS) is 9.52. The van der Waals surface area contributed by atoms with Crippen LogP contribution in [0.1, 0.15) is 10.4 Å². The molecule has 0 aliphatic carbocycles. The van der Waals surface area contributed by atoms with E-state index in [1.54, 1.807) is 0 Å². The Hall–Kier alpha value is -3.43. The second-order valence-corrected chi connectivity index (χ2v) is 3.58. The minimum atomic E-state index is -1.81. The zero-order valence-electron chi connectivity index (χ0n) is 10.1. The van der Waals surface area contributed by atoms with Gasteiger partial charge in [0.05, 0.1) is 11.3 Å². The molecule has 0 heterocycles. The Morgan fingerprint density at radius 2 is 1.33 bits per heavy atom. The van der Waals surface area contributed by atoms with Gasteiger partial charge < -0.3 is 26.0 Å². The predicted octanol–water partition coefficient (Wildman–Crippen LogP) is -0.569. The van der Waals surface area contributed by atoms with Crippen LogP contribution in [-0.2, 0) is 19.2 Å². The van der Waals surface area contributed by atoms with Crippen molar-refractivity contribution in [1.29, 1.82) is 0 Å². The van der Waals surface area contributed by atoms with Gasteiger partial charge in [0.2, 0.25) is 0 Å². The SMILES string of the molecule is O=C(O)C(=O)Nc1ccc(NC(=O)C(=O)O)c(C(=O)O)c1. The Morgan fingerprint density at radius 1 is 0.810 bits per heavy atom. The molecule has 0 spiro atoms. The Bertz CT molecular complexity index is 652. The van der Waals surface area contributed by atoms with E-state index in [1.165, 1.54) is 0 Å². The topological polar surface area (TPSA) is 170 Å². The smallest absolute Gasteiger partial charge is 0.394 e. The molecule has 10 heteroatoms. The highest BCUT2D eigenvalue weighted by Crippen LogP contribution is 2.21. The van der Waals surface area contributed by atoms with Crippen molar-refractivity contribution < 1.29 is 39.3 Å². The number of hydrogen-bond acceptors (Lipinski definition) is 5. The standard InChI is InChI=1S/C11H8N2O8/c14-7(10(18)19)12-4-1-2-6(5(3-4)9(16)17)13-8(15)11(20)21/h1-3H,(H,12,14)(H,13,15)(H,16,17)(H,18,19)(H,20,21). The van der Waals surface area contributed by atoms with Gasteiger partial charge in [-0.25, -0.2) is 14.4 Å². The van der Waals surface area contributed by atoms with E-state index in [9.17, 15) is 24.0 Å². The molecule has 0 bridgehead atoms. The van der Waals surface area contributed by atoms with Crippen molar-refractivity contribution in [2.24, 2.45) is 0 Å². The predicted molar refractivity (Wildman–Crippen MR) is 65.9 cm³/mol. The maximum atomic E-state index is 11.0. The molecule has 1 aromatic rings. The molecular weight excluding hydrogens is 288 g/mol. The van der Waals surface area contributed by atoms with Gasteiger partial charge in [0, 0.05) is 5.69 Å². The van der Waals surface area contributed by atoms with Crippen LogP contribution in [0.2, 0.25) is 0 Å². The molecule has 10 nitrogen and oxygen atoms in total. The number of hydrogen-bond donors (Lipinski definition) is 5. The molecule has 0 saturated heterocycles. The van der Waals surface area contributed by atoms with Crippen LogP contribution in [0.5, 0.6) is 0 Å². The number of carboxylic acid groups (broad SMARTS) is 3. The highest BCUT2D eigenvalue weighted by molar-refractivity contribution is 6.37. The maximum absolute atomic E-state index is 11.0. The number of nitrogens with one attached hydrogen (secondary N) is 2. The number of benzene rings is 1. The third-order valence-electron chi connectivity index (χ3n) is 2.14. The minimum absolute atomic E-state index is 0.145. The van der Waals surface area contributed by atoms with Crippen LogP contribution in [0.15, 0.2) is 18.2 Å². The molecule has 0 aliphatic rings. The van der Waals surface area contributed by atoms with E-state index >= 15 is 0 Å². The van der Waals surface area contributed by atoms with Gasteiger partial charge in [-0.2, -0.15) is 0 Å². The Balaban J connectivity index is 3.10. The van der Waals surface area contributed by atoms with E-state index in [4.69, 9.17) is 15.3 Å². The lowest BCUT2D eigenvalue weighted by Crippen LogP contribution is -2.24. The van der Waals surface area contributed by atoms with Crippen LogP contribution in [0.4, 0.5) is 11.4 Å². The van der Waals surface area contributed by atoms with Gasteiger partial charge in [0.15, 0.2) is 0 Å². The van der Waals surface area contributed by atoms with Gasteiger partial charge in [0.25, 0.3) is 0 Å². The highest BCUT2D eigenvalue weighted by atomic mass is 16.4. The summed E-state index contributed by atoms with van der Waals surface area (Å²) in [5.41, 5.74) is -0.982. The molecule has 5 N–H and O–H groups in total. The zero-order chi connectivity index (χ0) is 16.2. The van der Waals surface area contributed by atoms with Gasteiger partial charge in [-0.05, 0) is 18.2 Å². The summed E-state index contributed by atoms with van der Waals surface area (Å²) in [5, 5.41) is 29.5. The van der Waals surface area contributed by atoms with E-state index < -0.39 is 35.3 Å². The molecule has 0 radical (unpaired) electrons. The van der Waals surface area contributed by atoms with Crippen molar-refractivity contribution in [3.05, 3.63) is 23.8 Å². The summed E-state index contributed by atoms with van der Waals surface area (Å²) in [6.45, 7) is 0. The second-order valence-electron chi connectivity index (χ2n) is 3.58. The molecule has 0 unspecified atom stereocenters. The highest BCUT2D eigenvalue weighted by Gasteiger charge is 2.18. The number of rotatable bonds is 3. The third kappa shape index (κ3) is 4.02. The van der Waals surface area contributed by atoms with E-state index in [0.717, 1.165) is 18.2 Å². The first-order valence-electron chi connectivity index (χ1n) is 5.18. The molecule has 0 fully saturated rings. The number of carboxylic acids is 3. The van der Waals surface area contributed by atoms with Crippen molar-refractivity contribution in [1.82, 2.24) is 0 Å². The number of aromatic carboxylic acids is 1. The van der Waals surface area contributed by atoms with E-state index in [-0.39, 0.29) is 11.4 Å². The number of carbonyl (C=O) groups is 5. The molecule has 0 saturated carbocycles. The Labute approximate surface area is 116 Å². The molecule has 1 aromatic carbocycles. The fraction of sp³-hybridized carbons (Fsp3) is 0. The largest absolute Gasteiger partial charge is 0.478 e. The fourth-order valence-corrected chi connectivity index (χ4v) is 1.27. The monoisotopic (exact) mass is 296 g/mol. The summed E-state index contributed by atoms with van der Waals surface area (Å²) in [4.78, 5) is 53.7. The van der Waals surface area contributed by atoms with Crippen molar-refractivity contribution in [3.63, 3.8) is 0 Å². The number of aliphatic carboxylic acids is 2. The van der Waals surface area contributed by atoms with E-state index in [1.807, 2.05) is 10.6 Å². The number of carbonyl (C=O) groups excluding carboxylic acids is 2. The molecule has 0 aromatic heterocycles. The van der Waals surface area contributed by atoms with Crippen LogP contribution in [0, 0.1) is 0 Å². The molecule has 110 valence electrons. The summed E-state index contributed by atoms with van der Waals surface area (Å²) in [6, 6.07) is 2.99. The number of anilines is 2. The van der Waals surface area contributed by atoms with Gasteiger partial charge in [-0.3, -0.25) is 9.59 Å². The first-order valence-corrected chi connectivity index (χ1v) is 5.18. The second kappa shape index (κ2) is 6.14. The summed E-state index contributed by atoms with van der Waals surface area (Å²) < 4.78 is 0. The molecule has 21 heavy (non-hydrogen) atoms. The molecule has 2 amide bonds. The fourth-order valence-electron chi connectivity index (χ4n) is 1.27. The first kappa shape index (κ1) is 15.6. The van der Waals surface area contributed by atoms with Crippen LogP contribution in [0.25, 0.3) is 0 Å². The average Bonchev–Trinajstić information content (AvgIpc) is 2.39. The van der Waals surface area contributed by atoms with Crippen molar-refractivity contribution in [3.8, 4) is 0 Å². The lowest BCUT2D eigenvalue weighted by atomic mass is 10.1. The summed E-state index contributed by atoms with van der Waals surface area (Å²) >= 11 is 0. The molecule has 0 atom stereocenters. The summed E-state index contributed by atoms with van der Waals surface area (Å²) in [7, 11) is 0.